The van der Waals surface area contributed by atoms with Gasteiger partial charge in [-0.25, -0.2) is 13.6 Å². The van der Waals surface area contributed by atoms with Crippen molar-refractivity contribution in [2.24, 2.45) is 5.16 Å². The third-order valence-electron chi connectivity index (χ3n) is 11.5. The predicted octanol–water partition coefficient (Wildman–Crippen LogP) is 9.55. The number of benzene rings is 1. The van der Waals surface area contributed by atoms with E-state index < -0.39 is 58.0 Å². The number of halogens is 2. The van der Waals surface area contributed by atoms with Gasteiger partial charge in [-0.1, -0.05) is 114 Å². The van der Waals surface area contributed by atoms with Crippen LogP contribution in [0.15, 0.2) is 34.3 Å². The summed E-state index contributed by atoms with van der Waals surface area (Å²) in [6.45, 7) is 5.93. The van der Waals surface area contributed by atoms with Crippen molar-refractivity contribution in [3.05, 3.63) is 63.1 Å². The van der Waals surface area contributed by atoms with Crippen LogP contribution in [-0.2, 0) is 16.1 Å². The van der Waals surface area contributed by atoms with Crippen molar-refractivity contribution < 1.29 is 37.5 Å². The van der Waals surface area contributed by atoms with Gasteiger partial charge in [-0.3, -0.25) is 14.4 Å². The Labute approximate surface area is 329 Å². The van der Waals surface area contributed by atoms with Crippen LogP contribution in [0.3, 0.4) is 0 Å². The number of carbonyl (C=O) groups excluding carboxylic acids is 3. The normalized spacial score (nSPS) is 20.0. The lowest BCUT2D eigenvalue weighted by Crippen LogP contribution is -2.52. The fraction of sp³-hybridized carbons (Fsp3) is 0.651. The quantitative estimate of drug-likeness (QED) is 0.0987. The predicted molar refractivity (Wildman–Crippen MR) is 210 cm³/mol. The number of ether oxygens (including phenoxy) is 2. The lowest BCUT2D eigenvalue weighted by molar-refractivity contribution is -0.0655. The smallest absolute Gasteiger partial charge is 0.434 e. The van der Waals surface area contributed by atoms with Crippen molar-refractivity contribution >= 4 is 23.7 Å². The Bertz CT molecular complexity index is 1760. The SMILES string of the molecule is CCCCCCCCCCCCCCCCCCOC(=O)Oc1c2n(cc(C(=O)NCc3ccc(F)cc3F)c1=O)[C@@H]1CN(C2=O)[C@@H](C)CC[C@]12CC(C)=NO2. The summed E-state index contributed by atoms with van der Waals surface area (Å²) in [4.78, 5) is 62.5. The van der Waals surface area contributed by atoms with Crippen LogP contribution in [0.5, 0.6) is 5.75 Å². The number of hydrogen-bond acceptors (Lipinski definition) is 8. The van der Waals surface area contributed by atoms with Gasteiger partial charge in [0.25, 0.3) is 11.8 Å². The van der Waals surface area contributed by atoms with Crippen molar-refractivity contribution in [2.45, 2.75) is 167 Å². The minimum atomic E-state index is -1.16. The Hall–Kier alpha value is -4.29. The summed E-state index contributed by atoms with van der Waals surface area (Å²) in [6, 6.07) is 2.14. The second kappa shape index (κ2) is 20.8. The van der Waals surface area contributed by atoms with Crippen LogP contribution in [-0.4, -0.2) is 57.9 Å². The number of unbranched alkanes of at least 4 members (excludes halogenated alkanes) is 15. The van der Waals surface area contributed by atoms with E-state index >= 15 is 0 Å². The van der Waals surface area contributed by atoms with Crippen molar-refractivity contribution in [3.8, 4) is 5.75 Å². The summed E-state index contributed by atoms with van der Waals surface area (Å²) in [6.07, 6.45) is 21.1. The highest BCUT2D eigenvalue weighted by atomic mass is 19.1. The molecule has 1 N–H and O–H groups in total. The van der Waals surface area contributed by atoms with E-state index in [9.17, 15) is 28.0 Å². The van der Waals surface area contributed by atoms with Crippen LogP contribution in [0.25, 0.3) is 0 Å². The van der Waals surface area contributed by atoms with Gasteiger partial charge in [-0.15, -0.1) is 0 Å². The minimum Gasteiger partial charge on any atom is -0.434 e. The summed E-state index contributed by atoms with van der Waals surface area (Å²) in [5.41, 5.74) is -1.73. The van der Waals surface area contributed by atoms with Gasteiger partial charge in [0.15, 0.2) is 11.3 Å². The van der Waals surface area contributed by atoms with E-state index in [2.05, 4.69) is 17.4 Å². The molecule has 3 aliphatic rings. The monoisotopic (exact) mass is 782 g/mol. The second-order valence-corrected chi connectivity index (χ2v) is 15.9. The van der Waals surface area contributed by atoms with Gasteiger partial charge in [0, 0.05) is 43.4 Å². The first kappa shape index (κ1) is 42.8. The molecule has 1 aromatic heterocycles. The minimum absolute atomic E-state index is 0.00135. The molecule has 1 spiro atoms. The molecule has 0 radical (unpaired) electrons. The first-order chi connectivity index (χ1) is 27.0. The molecule has 0 unspecified atom stereocenters. The molecule has 1 saturated heterocycles. The zero-order valence-electron chi connectivity index (χ0n) is 33.5. The fourth-order valence-electron chi connectivity index (χ4n) is 8.22. The summed E-state index contributed by atoms with van der Waals surface area (Å²) in [7, 11) is 0. The van der Waals surface area contributed by atoms with E-state index in [1.54, 1.807) is 4.90 Å². The highest BCUT2D eigenvalue weighted by Gasteiger charge is 2.54. The second-order valence-electron chi connectivity index (χ2n) is 15.9. The van der Waals surface area contributed by atoms with Crippen LogP contribution in [0.4, 0.5) is 13.6 Å². The fourth-order valence-corrected chi connectivity index (χ4v) is 8.22. The lowest BCUT2D eigenvalue weighted by Gasteiger charge is -2.42. The maximum Gasteiger partial charge on any atom is 0.514 e. The van der Waals surface area contributed by atoms with E-state index in [4.69, 9.17) is 14.3 Å². The van der Waals surface area contributed by atoms with Crippen LogP contribution >= 0.6 is 0 Å². The Morgan fingerprint density at radius 1 is 0.946 bits per heavy atom. The summed E-state index contributed by atoms with van der Waals surface area (Å²) >= 11 is 0. The average Bonchev–Trinajstić information content (AvgIpc) is 3.50. The molecule has 308 valence electrons. The van der Waals surface area contributed by atoms with E-state index in [0.29, 0.717) is 31.7 Å². The highest BCUT2D eigenvalue weighted by molar-refractivity contribution is 6.00. The van der Waals surface area contributed by atoms with Gasteiger partial charge in [-0.2, -0.15) is 0 Å². The molecule has 1 fully saturated rings. The van der Waals surface area contributed by atoms with Gasteiger partial charge in [-0.05, 0) is 39.2 Å². The van der Waals surface area contributed by atoms with Gasteiger partial charge < -0.3 is 29.1 Å². The van der Waals surface area contributed by atoms with Gasteiger partial charge in [0.2, 0.25) is 11.2 Å². The number of fused-ring (bicyclic) bond motifs is 5. The van der Waals surface area contributed by atoms with Crippen molar-refractivity contribution in [2.75, 3.05) is 13.2 Å². The maximum absolute atomic E-state index is 14.4. The number of oxime groups is 1. The van der Waals surface area contributed by atoms with E-state index in [1.807, 2.05) is 13.8 Å². The topological polar surface area (TPSA) is 129 Å². The molecule has 0 aliphatic carbocycles. The van der Waals surface area contributed by atoms with Gasteiger partial charge in [0.05, 0.1) is 18.4 Å². The molecular weight excluding hydrogens is 722 g/mol. The number of hydrogen-bond donors (Lipinski definition) is 1. The molecule has 2 bridgehead atoms. The van der Waals surface area contributed by atoms with Gasteiger partial charge >= 0.3 is 6.16 Å². The number of pyridine rings is 1. The van der Waals surface area contributed by atoms with Crippen LogP contribution in [0.2, 0.25) is 0 Å². The third kappa shape index (κ3) is 11.0. The van der Waals surface area contributed by atoms with Gasteiger partial charge in [0.1, 0.15) is 17.2 Å². The molecule has 5 rings (SSSR count). The summed E-state index contributed by atoms with van der Waals surface area (Å²) in [5.74, 6) is -3.68. The first-order valence-corrected chi connectivity index (χ1v) is 20.9. The standard InChI is InChI=1S/C43H60F2N4O7/c1-4-5-6-7-8-9-10-11-12-13-14-15-16-17-18-19-24-54-42(53)55-39-37-41(52)48-29-36(43(23-22-31(48)3)26-30(2)47-56-43)49(37)28-34(38(39)50)40(51)46-27-32-20-21-33(44)25-35(32)45/h20-21,25,28,31,36H,4-19,22-24,26-27,29H2,1-3H3,(H,46,51)/t31-,36+,43-/m0/s1. The molecule has 0 saturated carbocycles. The van der Waals surface area contributed by atoms with Crippen LogP contribution in [0, 0.1) is 11.6 Å². The third-order valence-corrected chi connectivity index (χ3v) is 11.5. The number of rotatable bonds is 21. The molecule has 2 amide bonds. The van der Waals surface area contributed by atoms with E-state index in [-0.39, 0.29) is 37.0 Å². The molecule has 11 nitrogen and oxygen atoms in total. The summed E-state index contributed by atoms with van der Waals surface area (Å²) in [5, 5.41) is 6.74. The lowest BCUT2D eigenvalue weighted by atomic mass is 9.84. The largest absolute Gasteiger partial charge is 0.514 e. The van der Waals surface area contributed by atoms with Crippen LogP contribution < -0.4 is 15.5 Å². The number of carbonyl (C=O) groups is 3. The average molecular weight is 783 g/mol. The Kier molecular flexibility index (Phi) is 15.9. The van der Waals surface area contributed by atoms with E-state index in [0.717, 1.165) is 31.0 Å². The number of nitrogens with one attached hydrogen (secondary N) is 1. The first-order valence-electron chi connectivity index (χ1n) is 20.9. The van der Waals surface area contributed by atoms with E-state index in [1.165, 1.54) is 93.9 Å². The molecule has 56 heavy (non-hydrogen) atoms. The molecule has 3 aliphatic heterocycles. The number of aromatic nitrogens is 1. The Morgan fingerprint density at radius 2 is 1.57 bits per heavy atom. The molecule has 3 atom stereocenters. The van der Waals surface area contributed by atoms with Crippen molar-refractivity contribution in [1.29, 1.82) is 0 Å². The Morgan fingerprint density at radius 3 is 2.16 bits per heavy atom. The zero-order chi connectivity index (χ0) is 40.1. The molecular formula is C43H60F2N4O7. The highest BCUT2D eigenvalue weighted by Crippen LogP contribution is 2.46. The number of amides is 2. The zero-order valence-corrected chi connectivity index (χ0v) is 33.5. The number of nitrogens with zero attached hydrogens (tertiary/aromatic N) is 3. The van der Waals surface area contributed by atoms with Crippen molar-refractivity contribution in [1.82, 2.24) is 14.8 Å². The summed E-state index contributed by atoms with van der Waals surface area (Å²) < 4.78 is 40.3. The van der Waals surface area contributed by atoms with Crippen molar-refractivity contribution in [3.63, 3.8) is 0 Å². The molecule has 4 heterocycles. The maximum atomic E-state index is 14.4. The molecule has 1 aromatic carbocycles. The molecule has 13 heteroatoms. The Balaban J connectivity index is 1.20. The van der Waals surface area contributed by atoms with Crippen LogP contribution in [0.1, 0.15) is 175 Å². The molecule has 2 aromatic rings.